The van der Waals surface area contributed by atoms with E-state index >= 15 is 0 Å². The molecule has 0 aromatic heterocycles. The van der Waals surface area contributed by atoms with Gasteiger partial charge >= 0.3 is 0 Å². The summed E-state index contributed by atoms with van der Waals surface area (Å²) < 4.78 is 0. The first-order valence-corrected chi connectivity index (χ1v) is 8.19. The first kappa shape index (κ1) is 17.1. The van der Waals surface area contributed by atoms with Crippen molar-refractivity contribution in [2.24, 2.45) is 17.8 Å². The van der Waals surface area contributed by atoms with Crippen LogP contribution in [0.1, 0.15) is 71.8 Å². The highest BCUT2D eigenvalue weighted by Crippen LogP contribution is 2.29. The maximum atomic E-state index is 9.33. The molecule has 0 aliphatic carbocycles. The standard InChI is InChI=1S/C19H32O/c1-14(2)6-7-15(3)16(4)8-9-17(5)18-10-12-19(20)13-11-18/h10-17,20H,6-9H2,1-5H3. The Balaban J connectivity index is 2.36. The molecule has 114 valence electrons. The summed E-state index contributed by atoms with van der Waals surface area (Å²) >= 11 is 0. The van der Waals surface area contributed by atoms with Gasteiger partial charge in [-0.25, -0.2) is 0 Å². The fraction of sp³-hybridized carbons (Fsp3) is 0.684. The molecule has 0 fully saturated rings. The van der Waals surface area contributed by atoms with E-state index in [1.54, 1.807) is 12.1 Å². The summed E-state index contributed by atoms with van der Waals surface area (Å²) in [5.74, 6) is 3.38. The molecular formula is C19H32O. The monoisotopic (exact) mass is 276 g/mol. The summed E-state index contributed by atoms with van der Waals surface area (Å²) in [6.07, 6.45) is 5.23. The molecule has 0 bridgehead atoms. The van der Waals surface area contributed by atoms with E-state index in [2.05, 4.69) is 34.6 Å². The molecule has 0 amide bonds. The highest BCUT2D eigenvalue weighted by Gasteiger charge is 2.14. The molecule has 1 heteroatoms. The van der Waals surface area contributed by atoms with Crippen molar-refractivity contribution in [3.63, 3.8) is 0 Å². The zero-order valence-corrected chi connectivity index (χ0v) is 13.9. The van der Waals surface area contributed by atoms with E-state index in [4.69, 9.17) is 0 Å². The van der Waals surface area contributed by atoms with Crippen LogP contribution < -0.4 is 0 Å². The summed E-state index contributed by atoms with van der Waals surface area (Å²) in [6, 6.07) is 7.68. The molecule has 20 heavy (non-hydrogen) atoms. The van der Waals surface area contributed by atoms with E-state index in [9.17, 15) is 5.11 Å². The van der Waals surface area contributed by atoms with Gasteiger partial charge in [0.1, 0.15) is 5.75 Å². The van der Waals surface area contributed by atoms with Crippen molar-refractivity contribution in [1.82, 2.24) is 0 Å². The van der Waals surface area contributed by atoms with Gasteiger partial charge in [0.2, 0.25) is 0 Å². The van der Waals surface area contributed by atoms with Crippen molar-refractivity contribution < 1.29 is 5.11 Å². The lowest BCUT2D eigenvalue weighted by Gasteiger charge is -2.22. The van der Waals surface area contributed by atoms with Crippen molar-refractivity contribution >= 4 is 0 Å². The van der Waals surface area contributed by atoms with Gasteiger partial charge in [0.25, 0.3) is 0 Å². The molecule has 0 heterocycles. The second-order valence-electron chi connectivity index (χ2n) is 7.00. The largest absolute Gasteiger partial charge is 0.508 e. The Labute approximate surface area is 125 Å². The fourth-order valence-corrected chi connectivity index (χ4v) is 2.65. The molecule has 1 rings (SSSR count). The number of phenolic OH excluding ortho intramolecular Hbond substituents is 1. The van der Waals surface area contributed by atoms with Gasteiger partial charge in [-0.15, -0.1) is 0 Å². The smallest absolute Gasteiger partial charge is 0.115 e. The molecule has 0 saturated carbocycles. The lowest BCUT2D eigenvalue weighted by molar-refractivity contribution is 0.310. The zero-order chi connectivity index (χ0) is 15.1. The second kappa shape index (κ2) is 8.34. The molecule has 0 aliphatic rings. The maximum absolute atomic E-state index is 9.33. The molecule has 0 saturated heterocycles. The fourth-order valence-electron chi connectivity index (χ4n) is 2.65. The second-order valence-corrected chi connectivity index (χ2v) is 7.00. The predicted molar refractivity (Wildman–Crippen MR) is 88.2 cm³/mol. The first-order valence-electron chi connectivity index (χ1n) is 8.19. The maximum Gasteiger partial charge on any atom is 0.115 e. The van der Waals surface area contributed by atoms with Gasteiger partial charge in [0, 0.05) is 0 Å². The van der Waals surface area contributed by atoms with E-state index in [-0.39, 0.29) is 0 Å². The third kappa shape index (κ3) is 5.98. The van der Waals surface area contributed by atoms with Crippen LogP contribution in [-0.2, 0) is 0 Å². The minimum Gasteiger partial charge on any atom is -0.508 e. The van der Waals surface area contributed by atoms with Gasteiger partial charge in [0.05, 0.1) is 0 Å². The minimum absolute atomic E-state index is 0.358. The van der Waals surface area contributed by atoms with Crippen molar-refractivity contribution in [2.75, 3.05) is 0 Å². The van der Waals surface area contributed by atoms with E-state index in [0.717, 1.165) is 17.8 Å². The number of hydrogen-bond acceptors (Lipinski definition) is 1. The molecule has 0 radical (unpaired) electrons. The molecule has 0 aliphatic heterocycles. The molecule has 1 aromatic rings. The Morgan fingerprint density at radius 1 is 0.750 bits per heavy atom. The average Bonchev–Trinajstić information content (AvgIpc) is 2.42. The van der Waals surface area contributed by atoms with Crippen LogP contribution >= 0.6 is 0 Å². The Morgan fingerprint density at radius 3 is 1.75 bits per heavy atom. The van der Waals surface area contributed by atoms with Crippen LogP contribution in [0.25, 0.3) is 0 Å². The summed E-state index contributed by atoms with van der Waals surface area (Å²) in [4.78, 5) is 0. The lowest BCUT2D eigenvalue weighted by Crippen LogP contribution is -2.10. The third-order valence-electron chi connectivity index (χ3n) is 4.69. The number of rotatable bonds is 8. The van der Waals surface area contributed by atoms with E-state index in [1.165, 1.54) is 31.2 Å². The highest BCUT2D eigenvalue weighted by molar-refractivity contribution is 5.27. The quantitative estimate of drug-likeness (QED) is 0.619. The van der Waals surface area contributed by atoms with Gasteiger partial charge in [-0.2, -0.15) is 0 Å². The minimum atomic E-state index is 0.358. The zero-order valence-electron chi connectivity index (χ0n) is 13.9. The highest BCUT2D eigenvalue weighted by atomic mass is 16.3. The summed E-state index contributed by atoms with van der Waals surface area (Å²) in [5.41, 5.74) is 1.34. The Bertz CT molecular complexity index is 366. The first-order chi connectivity index (χ1) is 9.40. The predicted octanol–water partition coefficient (Wildman–Crippen LogP) is 5.98. The van der Waals surface area contributed by atoms with Gasteiger partial charge in [-0.1, -0.05) is 59.6 Å². The third-order valence-corrected chi connectivity index (χ3v) is 4.69. The molecule has 1 aromatic carbocycles. The Kier molecular flexibility index (Phi) is 7.12. The Hall–Kier alpha value is -0.980. The lowest BCUT2D eigenvalue weighted by atomic mass is 9.83. The van der Waals surface area contributed by atoms with E-state index in [1.807, 2.05) is 12.1 Å². The summed E-state index contributed by atoms with van der Waals surface area (Å²) in [7, 11) is 0. The van der Waals surface area contributed by atoms with Crippen molar-refractivity contribution in [1.29, 1.82) is 0 Å². The normalized spacial score (nSPS) is 16.1. The molecule has 1 N–H and O–H groups in total. The Morgan fingerprint density at radius 2 is 1.25 bits per heavy atom. The van der Waals surface area contributed by atoms with E-state index < -0.39 is 0 Å². The van der Waals surface area contributed by atoms with Gasteiger partial charge in [-0.3, -0.25) is 0 Å². The van der Waals surface area contributed by atoms with Crippen LogP contribution in [-0.4, -0.2) is 5.11 Å². The summed E-state index contributed by atoms with van der Waals surface area (Å²) in [6.45, 7) is 11.7. The number of hydrogen-bond donors (Lipinski definition) is 1. The topological polar surface area (TPSA) is 20.2 Å². The summed E-state index contributed by atoms with van der Waals surface area (Å²) in [5, 5.41) is 9.33. The van der Waals surface area contributed by atoms with Gasteiger partial charge in [0.15, 0.2) is 0 Å². The van der Waals surface area contributed by atoms with Crippen molar-refractivity contribution in [2.45, 2.75) is 66.2 Å². The average molecular weight is 276 g/mol. The molecular weight excluding hydrogens is 244 g/mol. The van der Waals surface area contributed by atoms with Crippen LogP contribution in [0.3, 0.4) is 0 Å². The number of aromatic hydroxyl groups is 1. The van der Waals surface area contributed by atoms with Gasteiger partial charge in [-0.05, 0) is 54.2 Å². The number of phenols is 1. The van der Waals surface area contributed by atoms with Crippen molar-refractivity contribution in [3.05, 3.63) is 29.8 Å². The molecule has 0 spiro atoms. The van der Waals surface area contributed by atoms with Crippen LogP contribution in [0.2, 0.25) is 0 Å². The molecule has 1 nitrogen and oxygen atoms in total. The van der Waals surface area contributed by atoms with E-state index in [0.29, 0.717) is 11.7 Å². The number of benzene rings is 1. The van der Waals surface area contributed by atoms with Gasteiger partial charge < -0.3 is 5.11 Å². The van der Waals surface area contributed by atoms with Crippen LogP contribution in [0.15, 0.2) is 24.3 Å². The molecule has 3 atom stereocenters. The van der Waals surface area contributed by atoms with Crippen LogP contribution in [0.5, 0.6) is 5.75 Å². The van der Waals surface area contributed by atoms with Crippen LogP contribution in [0.4, 0.5) is 0 Å². The SMILES string of the molecule is CC(C)CCC(C)C(C)CCC(C)c1ccc(O)cc1. The molecule has 3 unspecified atom stereocenters. The van der Waals surface area contributed by atoms with Crippen molar-refractivity contribution in [3.8, 4) is 5.75 Å². The van der Waals surface area contributed by atoms with Crippen LogP contribution in [0, 0.1) is 17.8 Å².